The Kier molecular flexibility index (Phi) is 4.50. The fourth-order valence-corrected chi connectivity index (χ4v) is 1.80. The van der Waals surface area contributed by atoms with Crippen molar-refractivity contribution in [2.24, 2.45) is 0 Å². The van der Waals surface area contributed by atoms with Gasteiger partial charge in [-0.2, -0.15) is 0 Å². The van der Waals surface area contributed by atoms with Gasteiger partial charge in [0.05, 0.1) is 12.7 Å². The first-order valence-corrected chi connectivity index (χ1v) is 5.12. The Balaban J connectivity index is 2.39. The number of hydrogen-bond acceptors (Lipinski definition) is 5. The Morgan fingerprint density at radius 3 is 2.87 bits per heavy atom. The van der Waals surface area contributed by atoms with Gasteiger partial charge >= 0.3 is 5.97 Å². The van der Waals surface area contributed by atoms with Crippen LogP contribution in [0.4, 0.5) is 0 Å². The maximum atomic E-state index is 11.4. The molecule has 5 heteroatoms. The number of carbonyl (C=O) groups is 1. The van der Waals surface area contributed by atoms with Gasteiger partial charge in [0.25, 0.3) is 0 Å². The van der Waals surface area contributed by atoms with E-state index in [-0.39, 0.29) is 24.7 Å². The smallest absolute Gasteiger partial charge is 0.323 e. The van der Waals surface area contributed by atoms with Crippen molar-refractivity contribution < 1.29 is 19.4 Å². The summed E-state index contributed by atoms with van der Waals surface area (Å²) in [5, 5.41) is 9.51. The second kappa shape index (κ2) is 5.44. The Morgan fingerprint density at radius 2 is 2.40 bits per heavy atom. The van der Waals surface area contributed by atoms with E-state index in [2.05, 4.69) is 0 Å². The normalized spacial score (nSPS) is 28.2. The molecule has 15 heavy (non-hydrogen) atoms. The summed E-state index contributed by atoms with van der Waals surface area (Å²) in [5.74, 6) is -0.199. The standard InChI is InChI=1S/C10H19NO4/c1-7-4-9(10(13)15-7)11(2)5-8(12)6-14-3/h7-9,12H,4-6H2,1-3H3. The number of esters is 1. The van der Waals surface area contributed by atoms with Crippen LogP contribution in [0.5, 0.6) is 0 Å². The molecule has 1 aliphatic heterocycles. The predicted octanol–water partition coefficient (Wildman–Crippen LogP) is -0.371. The lowest BCUT2D eigenvalue weighted by Crippen LogP contribution is -2.41. The van der Waals surface area contributed by atoms with Crippen LogP contribution in [0, 0.1) is 0 Å². The van der Waals surface area contributed by atoms with Crippen molar-refractivity contribution in [1.29, 1.82) is 0 Å². The van der Waals surface area contributed by atoms with Gasteiger partial charge < -0.3 is 14.6 Å². The summed E-state index contributed by atoms with van der Waals surface area (Å²) in [6.07, 6.45) is 0.0999. The van der Waals surface area contributed by atoms with Crippen LogP contribution in [0.25, 0.3) is 0 Å². The molecule has 5 nitrogen and oxygen atoms in total. The monoisotopic (exact) mass is 217 g/mol. The fourth-order valence-electron chi connectivity index (χ4n) is 1.80. The first-order chi connectivity index (χ1) is 7.04. The highest BCUT2D eigenvalue weighted by atomic mass is 16.6. The number of nitrogens with zero attached hydrogens (tertiary/aromatic N) is 1. The number of cyclic esters (lactones) is 1. The quantitative estimate of drug-likeness (QED) is 0.637. The summed E-state index contributed by atoms with van der Waals surface area (Å²) in [5.41, 5.74) is 0. The predicted molar refractivity (Wildman–Crippen MR) is 54.5 cm³/mol. The van der Waals surface area contributed by atoms with E-state index in [0.29, 0.717) is 13.0 Å². The van der Waals surface area contributed by atoms with Gasteiger partial charge in [0.1, 0.15) is 12.1 Å². The van der Waals surface area contributed by atoms with Crippen LogP contribution in [0.15, 0.2) is 0 Å². The molecule has 1 fully saturated rings. The van der Waals surface area contributed by atoms with Gasteiger partial charge in [-0.05, 0) is 14.0 Å². The van der Waals surface area contributed by atoms with Gasteiger partial charge in [0, 0.05) is 20.1 Å². The minimum atomic E-state index is -0.566. The molecule has 0 aromatic carbocycles. The van der Waals surface area contributed by atoms with E-state index in [9.17, 15) is 9.90 Å². The van der Waals surface area contributed by atoms with Crippen LogP contribution in [0.1, 0.15) is 13.3 Å². The van der Waals surface area contributed by atoms with E-state index in [4.69, 9.17) is 9.47 Å². The molecule has 3 atom stereocenters. The minimum absolute atomic E-state index is 0.0236. The Hall–Kier alpha value is -0.650. The number of aliphatic hydroxyl groups is 1. The number of aliphatic hydroxyl groups excluding tert-OH is 1. The third-order valence-corrected chi connectivity index (χ3v) is 2.53. The molecule has 0 saturated carbocycles. The molecule has 0 spiro atoms. The number of rotatable bonds is 5. The zero-order valence-electron chi connectivity index (χ0n) is 9.47. The Bertz CT molecular complexity index is 221. The highest BCUT2D eigenvalue weighted by molar-refractivity contribution is 5.77. The van der Waals surface area contributed by atoms with Gasteiger partial charge in [-0.25, -0.2) is 0 Å². The highest BCUT2D eigenvalue weighted by Gasteiger charge is 2.35. The zero-order valence-corrected chi connectivity index (χ0v) is 9.47. The molecule has 0 aromatic heterocycles. The summed E-state index contributed by atoms with van der Waals surface area (Å²) in [6.45, 7) is 2.57. The SMILES string of the molecule is COCC(O)CN(C)C1CC(C)OC1=O. The molecule has 88 valence electrons. The second-order valence-electron chi connectivity index (χ2n) is 4.05. The highest BCUT2D eigenvalue weighted by Crippen LogP contribution is 2.18. The van der Waals surface area contributed by atoms with Crippen molar-refractivity contribution in [2.75, 3.05) is 27.3 Å². The molecule has 1 rings (SSSR count). The molecular formula is C10H19NO4. The zero-order chi connectivity index (χ0) is 11.4. The van der Waals surface area contributed by atoms with E-state index in [1.54, 1.807) is 0 Å². The van der Waals surface area contributed by atoms with E-state index < -0.39 is 6.10 Å². The van der Waals surface area contributed by atoms with Gasteiger partial charge in [0.2, 0.25) is 0 Å². The van der Waals surface area contributed by atoms with Gasteiger partial charge in [-0.3, -0.25) is 9.69 Å². The van der Waals surface area contributed by atoms with Crippen LogP contribution < -0.4 is 0 Å². The fraction of sp³-hybridized carbons (Fsp3) is 0.900. The Labute approximate surface area is 90.0 Å². The van der Waals surface area contributed by atoms with Crippen molar-refractivity contribution in [1.82, 2.24) is 4.90 Å². The lowest BCUT2D eigenvalue weighted by atomic mass is 10.1. The number of carbonyl (C=O) groups excluding carboxylic acids is 1. The van der Waals surface area contributed by atoms with E-state index in [1.807, 2.05) is 18.9 Å². The molecule has 0 amide bonds. The summed E-state index contributed by atoms with van der Waals surface area (Å²) >= 11 is 0. The number of methoxy groups -OCH3 is 1. The van der Waals surface area contributed by atoms with Gasteiger partial charge in [0.15, 0.2) is 0 Å². The number of hydrogen-bond donors (Lipinski definition) is 1. The average Bonchev–Trinajstić information content (AvgIpc) is 2.45. The second-order valence-corrected chi connectivity index (χ2v) is 4.05. The molecule has 1 aliphatic rings. The lowest BCUT2D eigenvalue weighted by Gasteiger charge is -2.23. The number of likely N-dealkylation sites (N-methyl/N-ethyl adjacent to an activating group) is 1. The minimum Gasteiger partial charge on any atom is -0.461 e. The van der Waals surface area contributed by atoms with E-state index in [0.717, 1.165) is 0 Å². The van der Waals surface area contributed by atoms with Crippen molar-refractivity contribution in [2.45, 2.75) is 31.6 Å². The Morgan fingerprint density at radius 1 is 1.73 bits per heavy atom. The summed E-state index contributed by atoms with van der Waals surface area (Å²) < 4.78 is 9.87. The summed E-state index contributed by atoms with van der Waals surface area (Å²) in [7, 11) is 3.35. The molecule has 1 heterocycles. The maximum absolute atomic E-state index is 11.4. The van der Waals surface area contributed by atoms with E-state index >= 15 is 0 Å². The lowest BCUT2D eigenvalue weighted by molar-refractivity contribution is -0.144. The molecule has 0 aliphatic carbocycles. The summed E-state index contributed by atoms with van der Waals surface area (Å²) in [4.78, 5) is 13.2. The molecule has 3 unspecified atom stereocenters. The topological polar surface area (TPSA) is 59.0 Å². The van der Waals surface area contributed by atoms with Crippen LogP contribution >= 0.6 is 0 Å². The molecule has 1 N–H and O–H groups in total. The van der Waals surface area contributed by atoms with Crippen LogP contribution in [0.2, 0.25) is 0 Å². The molecular weight excluding hydrogens is 198 g/mol. The third kappa shape index (κ3) is 3.44. The van der Waals surface area contributed by atoms with Crippen molar-refractivity contribution >= 4 is 5.97 Å². The first-order valence-electron chi connectivity index (χ1n) is 5.12. The third-order valence-electron chi connectivity index (χ3n) is 2.53. The van der Waals surface area contributed by atoms with Crippen LogP contribution in [0.3, 0.4) is 0 Å². The average molecular weight is 217 g/mol. The molecule has 1 saturated heterocycles. The molecule has 0 bridgehead atoms. The van der Waals surface area contributed by atoms with E-state index in [1.165, 1.54) is 7.11 Å². The van der Waals surface area contributed by atoms with Crippen LogP contribution in [-0.4, -0.2) is 61.5 Å². The summed E-state index contributed by atoms with van der Waals surface area (Å²) in [6, 6.07) is -0.230. The maximum Gasteiger partial charge on any atom is 0.323 e. The molecule has 0 aromatic rings. The van der Waals surface area contributed by atoms with Gasteiger partial charge in [-0.1, -0.05) is 0 Å². The van der Waals surface area contributed by atoms with Gasteiger partial charge in [-0.15, -0.1) is 0 Å². The molecule has 0 radical (unpaired) electrons. The van der Waals surface area contributed by atoms with Crippen molar-refractivity contribution in [3.63, 3.8) is 0 Å². The largest absolute Gasteiger partial charge is 0.461 e. The number of ether oxygens (including phenoxy) is 2. The van der Waals surface area contributed by atoms with Crippen molar-refractivity contribution in [3.8, 4) is 0 Å². The van der Waals surface area contributed by atoms with Crippen molar-refractivity contribution in [3.05, 3.63) is 0 Å². The van der Waals surface area contributed by atoms with Crippen LogP contribution in [-0.2, 0) is 14.3 Å². The first kappa shape index (κ1) is 12.4.